The van der Waals surface area contributed by atoms with Gasteiger partial charge in [0.1, 0.15) is 0 Å². The molecule has 88 valence electrons. The molecule has 0 aromatic carbocycles. The fourth-order valence-electron chi connectivity index (χ4n) is 1.21. The Labute approximate surface area is 90.8 Å². The third kappa shape index (κ3) is 22.7. The first kappa shape index (κ1) is 16.4. The molecule has 0 heterocycles. The van der Waals surface area contributed by atoms with Crippen molar-refractivity contribution in [2.24, 2.45) is 0 Å². The van der Waals surface area contributed by atoms with Crippen LogP contribution >= 0.6 is 0 Å². The molecule has 0 rings (SSSR count). The summed E-state index contributed by atoms with van der Waals surface area (Å²) in [5.74, 6) is 0. The number of hydrogen-bond donors (Lipinski definition) is 2. The largest absolute Gasteiger partial charge is 0.261 e. The Bertz CT molecular complexity index is 64.7. The van der Waals surface area contributed by atoms with E-state index in [0.717, 1.165) is 0 Å². The molecule has 0 aliphatic carbocycles. The zero-order valence-electron chi connectivity index (χ0n) is 10.7. The summed E-state index contributed by atoms with van der Waals surface area (Å²) >= 11 is 0. The van der Waals surface area contributed by atoms with Crippen molar-refractivity contribution in [1.82, 2.24) is 10.9 Å². The van der Waals surface area contributed by atoms with Crippen LogP contribution < -0.4 is 10.9 Å². The van der Waals surface area contributed by atoms with E-state index in [1.54, 1.807) is 0 Å². The van der Waals surface area contributed by atoms with E-state index in [1.807, 2.05) is 14.1 Å². The van der Waals surface area contributed by atoms with Gasteiger partial charge in [0.25, 0.3) is 0 Å². The van der Waals surface area contributed by atoms with Gasteiger partial charge in [-0.1, -0.05) is 65.2 Å². The zero-order valence-corrected chi connectivity index (χ0v) is 10.7. The van der Waals surface area contributed by atoms with Crippen molar-refractivity contribution >= 4 is 0 Å². The molecular formula is C12H30N2. The predicted octanol–water partition coefficient (Wildman–Crippen LogP) is 3.49. The van der Waals surface area contributed by atoms with Crippen LogP contribution in [-0.4, -0.2) is 14.1 Å². The molecule has 2 heteroatoms. The second kappa shape index (κ2) is 18.7. The summed E-state index contributed by atoms with van der Waals surface area (Å²) in [6.45, 7) is 4.54. The highest BCUT2D eigenvalue weighted by Gasteiger charge is 1.87. The third-order valence-electron chi connectivity index (χ3n) is 2.21. The molecule has 0 unspecified atom stereocenters. The van der Waals surface area contributed by atoms with Crippen LogP contribution in [0.5, 0.6) is 0 Å². The van der Waals surface area contributed by atoms with Gasteiger partial charge >= 0.3 is 0 Å². The maximum absolute atomic E-state index is 2.68. The summed E-state index contributed by atoms with van der Waals surface area (Å²) in [7, 11) is 3.64. The summed E-state index contributed by atoms with van der Waals surface area (Å²) in [5, 5.41) is 0. The lowest BCUT2D eigenvalue weighted by Crippen LogP contribution is -2.21. The van der Waals surface area contributed by atoms with Crippen molar-refractivity contribution < 1.29 is 0 Å². The minimum Gasteiger partial charge on any atom is -0.261 e. The average Bonchev–Trinajstić information content (AvgIpc) is 2.24. The van der Waals surface area contributed by atoms with E-state index in [1.165, 1.54) is 51.4 Å². The number of nitrogens with one attached hydrogen (secondary N) is 2. The minimum atomic E-state index is 1.37. The fourth-order valence-corrected chi connectivity index (χ4v) is 1.21. The van der Waals surface area contributed by atoms with E-state index >= 15 is 0 Å². The summed E-state index contributed by atoms with van der Waals surface area (Å²) < 4.78 is 0. The van der Waals surface area contributed by atoms with Crippen molar-refractivity contribution in [1.29, 1.82) is 0 Å². The van der Waals surface area contributed by atoms with Gasteiger partial charge in [-0.15, -0.1) is 0 Å². The maximum atomic E-state index is 2.68. The topological polar surface area (TPSA) is 24.1 Å². The van der Waals surface area contributed by atoms with Crippen LogP contribution in [0.15, 0.2) is 0 Å². The van der Waals surface area contributed by atoms with Crippen LogP contribution in [0.3, 0.4) is 0 Å². The molecule has 0 atom stereocenters. The SMILES string of the molecule is CCCCCCCCCC.CNNC. The van der Waals surface area contributed by atoms with Crippen molar-refractivity contribution in [3.63, 3.8) is 0 Å². The molecule has 2 nitrogen and oxygen atoms in total. The maximum Gasteiger partial charge on any atom is -0.00150 e. The molecule has 2 N–H and O–H groups in total. The number of hydrogen-bond acceptors (Lipinski definition) is 2. The molecule has 0 fully saturated rings. The number of unbranched alkanes of at least 4 members (excludes halogenated alkanes) is 7. The molecule has 0 radical (unpaired) electrons. The summed E-state index contributed by atoms with van der Waals surface area (Å²) in [6, 6.07) is 0. The predicted molar refractivity (Wildman–Crippen MR) is 66.4 cm³/mol. The molecule has 0 aliphatic heterocycles. The first-order chi connectivity index (χ1) is 6.83. The Kier molecular flexibility index (Phi) is 21.8. The highest BCUT2D eigenvalue weighted by atomic mass is 15.3. The average molecular weight is 202 g/mol. The molecule has 0 aliphatic rings. The molecule has 0 aromatic rings. The standard InChI is InChI=1S/C10H22.C2H8N2/c1-3-5-7-9-10-8-6-4-2;1-3-4-2/h3-10H2,1-2H3;3-4H,1-2H3. The Morgan fingerprint density at radius 2 is 0.857 bits per heavy atom. The van der Waals surface area contributed by atoms with E-state index in [9.17, 15) is 0 Å². The summed E-state index contributed by atoms with van der Waals surface area (Å²) in [6.07, 6.45) is 11.5. The molecule has 0 saturated carbocycles. The van der Waals surface area contributed by atoms with Gasteiger partial charge in [0.05, 0.1) is 0 Å². The van der Waals surface area contributed by atoms with Gasteiger partial charge in [-0.2, -0.15) is 0 Å². The van der Waals surface area contributed by atoms with E-state index < -0.39 is 0 Å². The first-order valence-electron chi connectivity index (χ1n) is 6.16. The van der Waals surface area contributed by atoms with Gasteiger partial charge in [-0.05, 0) is 14.1 Å². The summed E-state index contributed by atoms with van der Waals surface area (Å²) in [5.41, 5.74) is 5.36. The van der Waals surface area contributed by atoms with E-state index in [4.69, 9.17) is 0 Å². The number of rotatable bonds is 8. The van der Waals surface area contributed by atoms with Gasteiger partial charge in [-0.3, -0.25) is 10.9 Å². The second-order valence-electron chi connectivity index (χ2n) is 3.62. The van der Waals surface area contributed by atoms with Crippen molar-refractivity contribution in [2.75, 3.05) is 14.1 Å². The van der Waals surface area contributed by atoms with Gasteiger partial charge in [0, 0.05) is 0 Å². The smallest absolute Gasteiger partial charge is 0.00150 e. The van der Waals surface area contributed by atoms with E-state index in [2.05, 4.69) is 24.7 Å². The molecule has 14 heavy (non-hydrogen) atoms. The normalized spacial score (nSPS) is 9.43. The van der Waals surface area contributed by atoms with Crippen molar-refractivity contribution in [3.05, 3.63) is 0 Å². The van der Waals surface area contributed by atoms with Crippen molar-refractivity contribution in [3.8, 4) is 0 Å². The van der Waals surface area contributed by atoms with Crippen LogP contribution in [0.1, 0.15) is 65.2 Å². The summed E-state index contributed by atoms with van der Waals surface area (Å²) in [4.78, 5) is 0. The lowest BCUT2D eigenvalue weighted by atomic mass is 10.1. The Hall–Kier alpha value is -0.0800. The Morgan fingerprint density at radius 1 is 0.571 bits per heavy atom. The minimum absolute atomic E-state index is 1.37. The third-order valence-corrected chi connectivity index (χ3v) is 2.21. The molecule has 0 spiro atoms. The van der Waals surface area contributed by atoms with Gasteiger partial charge in [0.15, 0.2) is 0 Å². The molecule has 0 bridgehead atoms. The van der Waals surface area contributed by atoms with Gasteiger partial charge in [0.2, 0.25) is 0 Å². The molecule has 0 aromatic heterocycles. The highest BCUT2D eigenvalue weighted by Crippen LogP contribution is 2.07. The number of hydrazine groups is 1. The monoisotopic (exact) mass is 202 g/mol. The lowest BCUT2D eigenvalue weighted by molar-refractivity contribution is 0.585. The van der Waals surface area contributed by atoms with Gasteiger partial charge in [-0.25, -0.2) is 0 Å². The fraction of sp³-hybridized carbons (Fsp3) is 1.00. The van der Waals surface area contributed by atoms with Crippen LogP contribution in [0.4, 0.5) is 0 Å². The lowest BCUT2D eigenvalue weighted by Gasteiger charge is -1.97. The molecule has 0 saturated heterocycles. The second-order valence-corrected chi connectivity index (χ2v) is 3.62. The van der Waals surface area contributed by atoms with Crippen LogP contribution in [0, 0.1) is 0 Å². The van der Waals surface area contributed by atoms with Crippen LogP contribution in [0.25, 0.3) is 0 Å². The van der Waals surface area contributed by atoms with Crippen molar-refractivity contribution in [2.45, 2.75) is 65.2 Å². The zero-order chi connectivity index (χ0) is 11.1. The van der Waals surface area contributed by atoms with Crippen LogP contribution in [-0.2, 0) is 0 Å². The first-order valence-corrected chi connectivity index (χ1v) is 6.16. The van der Waals surface area contributed by atoms with Crippen LogP contribution in [0.2, 0.25) is 0 Å². The molecule has 0 amide bonds. The quantitative estimate of drug-likeness (QED) is 0.465. The highest BCUT2D eigenvalue weighted by molar-refractivity contribution is 4.43. The Balaban J connectivity index is 0. The van der Waals surface area contributed by atoms with Gasteiger partial charge < -0.3 is 0 Å². The van der Waals surface area contributed by atoms with E-state index in [0.29, 0.717) is 0 Å². The van der Waals surface area contributed by atoms with E-state index in [-0.39, 0.29) is 0 Å². The Morgan fingerprint density at radius 3 is 1.07 bits per heavy atom. The molecular weight excluding hydrogens is 172 g/mol.